The monoisotopic (exact) mass is 473 g/mol. The molecule has 1 aliphatic heterocycles. The molecular formula is C24H25F2N3O3S. The molecule has 1 heterocycles. The fourth-order valence-electron chi connectivity index (χ4n) is 4.78. The SMILES string of the molecule is C[C@H](C#N)C(=O)N1CC2(CC2)[C@H](NS(=O)(=O)CF)[C@@H]1Cc1cccc(-c2ccccc2)c1F. The Labute approximate surface area is 192 Å². The van der Waals surface area contributed by atoms with Gasteiger partial charge < -0.3 is 4.90 Å². The number of nitrogens with one attached hydrogen (secondary N) is 1. The number of rotatable bonds is 7. The van der Waals surface area contributed by atoms with Crippen LogP contribution in [0.5, 0.6) is 0 Å². The molecule has 0 radical (unpaired) electrons. The molecule has 1 aliphatic carbocycles. The summed E-state index contributed by atoms with van der Waals surface area (Å²) >= 11 is 0. The molecule has 1 amide bonds. The van der Waals surface area contributed by atoms with E-state index in [0.29, 0.717) is 29.5 Å². The highest BCUT2D eigenvalue weighted by Crippen LogP contribution is 2.55. The molecular weight excluding hydrogens is 448 g/mol. The molecule has 0 unspecified atom stereocenters. The highest BCUT2D eigenvalue weighted by Gasteiger charge is 2.61. The van der Waals surface area contributed by atoms with Crippen LogP contribution in [0.3, 0.4) is 0 Å². The molecule has 1 saturated carbocycles. The van der Waals surface area contributed by atoms with E-state index in [1.807, 2.05) is 12.1 Å². The number of carbonyl (C=O) groups excluding carboxylic acids is 1. The fraction of sp³-hybridized carbons (Fsp3) is 0.417. The Bertz CT molecular complexity index is 1190. The molecule has 4 rings (SSSR count). The van der Waals surface area contributed by atoms with Gasteiger partial charge in [-0.1, -0.05) is 48.5 Å². The van der Waals surface area contributed by atoms with Crippen molar-refractivity contribution in [1.29, 1.82) is 5.26 Å². The Morgan fingerprint density at radius 3 is 2.55 bits per heavy atom. The van der Waals surface area contributed by atoms with Crippen LogP contribution in [0, 0.1) is 28.5 Å². The third kappa shape index (κ3) is 4.50. The molecule has 3 atom stereocenters. The highest BCUT2D eigenvalue weighted by atomic mass is 32.2. The average molecular weight is 474 g/mol. The summed E-state index contributed by atoms with van der Waals surface area (Å²) in [6, 6.07) is 12.9. The van der Waals surface area contributed by atoms with Crippen molar-refractivity contribution in [3.05, 3.63) is 59.9 Å². The molecule has 2 aromatic rings. The molecule has 1 spiro atoms. The molecule has 33 heavy (non-hydrogen) atoms. The lowest BCUT2D eigenvalue weighted by Gasteiger charge is -2.30. The zero-order chi connectivity index (χ0) is 23.8. The summed E-state index contributed by atoms with van der Waals surface area (Å²) in [5.41, 5.74) is 0.899. The van der Waals surface area contributed by atoms with Crippen LogP contribution in [0.15, 0.2) is 48.5 Å². The molecule has 0 bridgehead atoms. The zero-order valence-corrected chi connectivity index (χ0v) is 19.0. The number of hydrogen-bond donors (Lipinski definition) is 1. The van der Waals surface area contributed by atoms with Crippen molar-refractivity contribution in [2.24, 2.45) is 11.3 Å². The largest absolute Gasteiger partial charge is 0.336 e. The average Bonchev–Trinajstić information content (AvgIpc) is 3.55. The van der Waals surface area contributed by atoms with Crippen LogP contribution in [0.4, 0.5) is 8.78 Å². The van der Waals surface area contributed by atoms with Crippen LogP contribution in [-0.4, -0.2) is 43.9 Å². The van der Waals surface area contributed by atoms with Gasteiger partial charge in [0.15, 0.2) is 0 Å². The predicted molar refractivity (Wildman–Crippen MR) is 119 cm³/mol. The first-order chi connectivity index (χ1) is 15.7. The maximum absolute atomic E-state index is 15.5. The first kappa shape index (κ1) is 23.3. The lowest BCUT2D eigenvalue weighted by molar-refractivity contribution is -0.134. The number of likely N-dealkylation sites (tertiary alicyclic amines) is 1. The fourth-order valence-corrected chi connectivity index (χ4v) is 5.63. The smallest absolute Gasteiger partial charge is 0.241 e. The van der Waals surface area contributed by atoms with E-state index in [4.69, 9.17) is 0 Å². The first-order valence-electron chi connectivity index (χ1n) is 10.8. The van der Waals surface area contributed by atoms with E-state index in [9.17, 15) is 22.9 Å². The van der Waals surface area contributed by atoms with Crippen LogP contribution in [0.1, 0.15) is 25.3 Å². The minimum Gasteiger partial charge on any atom is -0.336 e. The Kier molecular flexibility index (Phi) is 6.25. The van der Waals surface area contributed by atoms with Crippen LogP contribution in [-0.2, 0) is 21.2 Å². The van der Waals surface area contributed by atoms with Gasteiger partial charge in [-0.05, 0) is 37.3 Å². The number of hydrogen-bond acceptors (Lipinski definition) is 4. The molecule has 9 heteroatoms. The summed E-state index contributed by atoms with van der Waals surface area (Å²) in [4.78, 5) is 14.5. The molecule has 2 aliphatic rings. The van der Waals surface area contributed by atoms with E-state index in [2.05, 4.69) is 4.72 Å². The normalized spacial score (nSPS) is 22.2. The van der Waals surface area contributed by atoms with Crippen LogP contribution >= 0.6 is 0 Å². The summed E-state index contributed by atoms with van der Waals surface area (Å²) < 4.78 is 55.4. The Hall–Kier alpha value is -2.83. The Morgan fingerprint density at radius 2 is 1.94 bits per heavy atom. The van der Waals surface area contributed by atoms with Crippen molar-refractivity contribution in [2.75, 3.05) is 12.6 Å². The zero-order valence-electron chi connectivity index (χ0n) is 18.2. The third-order valence-electron chi connectivity index (χ3n) is 6.71. The summed E-state index contributed by atoms with van der Waals surface area (Å²) in [5.74, 6) is -1.82. The summed E-state index contributed by atoms with van der Waals surface area (Å²) in [6.07, 6.45) is 1.37. The lowest BCUT2D eigenvalue weighted by atomic mass is 9.91. The molecule has 1 N–H and O–H groups in total. The minimum atomic E-state index is -4.21. The maximum atomic E-state index is 15.5. The van der Waals surface area contributed by atoms with Crippen LogP contribution in [0.25, 0.3) is 11.1 Å². The topological polar surface area (TPSA) is 90.3 Å². The van der Waals surface area contributed by atoms with Crippen molar-refractivity contribution in [1.82, 2.24) is 9.62 Å². The Balaban J connectivity index is 1.73. The van der Waals surface area contributed by atoms with Gasteiger partial charge in [0.1, 0.15) is 11.7 Å². The first-order valence-corrected chi connectivity index (χ1v) is 12.5. The van der Waals surface area contributed by atoms with Gasteiger partial charge in [-0.15, -0.1) is 0 Å². The predicted octanol–water partition coefficient (Wildman–Crippen LogP) is 3.40. The van der Waals surface area contributed by atoms with E-state index in [1.54, 1.807) is 42.5 Å². The van der Waals surface area contributed by atoms with E-state index in [0.717, 1.165) is 0 Å². The van der Waals surface area contributed by atoms with Crippen molar-refractivity contribution in [2.45, 2.75) is 38.3 Å². The molecule has 174 valence electrons. The molecule has 0 aromatic heterocycles. The number of nitriles is 1. The van der Waals surface area contributed by atoms with Crippen molar-refractivity contribution < 1.29 is 22.0 Å². The lowest BCUT2D eigenvalue weighted by Crippen LogP contribution is -2.50. The van der Waals surface area contributed by atoms with Gasteiger partial charge in [0.2, 0.25) is 21.9 Å². The van der Waals surface area contributed by atoms with E-state index < -0.39 is 51.2 Å². The number of alkyl halides is 1. The number of benzene rings is 2. The molecule has 2 fully saturated rings. The Morgan fingerprint density at radius 1 is 1.24 bits per heavy atom. The number of sulfonamides is 1. The van der Waals surface area contributed by atoms with E-state index >= 15 is 4.39 Å². The van der Waals surface area contributed by atoms with Gasteiger partial charge in [0.25, 0.3) is 0 Å². The van der Waals surface area contributed by atoms with Crippen LogP contribution < -0.4 is 4.72 Å². The second-order valence-corrected chi connectivity index (χ2v) is 10.6. The van der Waals surface area contributed by atoms with Gasteiger partial charge in [-0.2, -0.15) is 5.26 Å². The van der Waals surface area contributed by atoms with Crippen LogP contribution in [0.2, 0.25) is 0 Å². The summed E-state index contributed by atoms with van der Waals surface area (Å²) in [7, 11) is -4.21. The van der Waals surface area contributed by atoms with Gasteiger partial charge in [0, 0.05) is 23.6 Å². The quantitative estimate of drug-likeness (QED) is 0.667. The number of amides is 1. The second-order valence-electron chi connectivity index (χ2n) is 8.91. The van der Waals surface area contributed by atoms with E-state index in [1.165, 1.54) is 11.8 Å². The molecule has 1 saturated heterocycles. The third-order valence-corrected chi connectivity index (χ3v) is 7.61. The van der Waals surface area contributed by atoms with E-state index in [-0.39, 0.29) is 13.0 Å². The van der Waals surface area contributed by atoms with Crippen molar-refractivity contribution >= 4 is 15.9 Å². The van der Waals surface area contributed by atoms with Gasteiger partial charge in [0.05, 0.1) is 12.1 Å². The van der Waals surface area contributed by atoms with Gasteiger partial charge >= 0.3 is 0 Å². The second kappa shape index (κ2) is 8.84. The van der Waals surface area contributed by atoms with Gasteiger partial charge in [-0.25, -0.2) is 21.9 Å². The highest BCUT2D eigenvalue weighted by molar-refractivity contribution is 7.89. The maximum Gasteiger partial charge on any atom is 0.241 e. The van der Waals surface area contributed by atoms with Crippen molar-refractivity contribution in [3.8, 4) is 17.2 Å². The number of halogens is 2. The number of carbonyl (C=O) groups is 1. The van der Waals surface area contributed by atoms with Crippen molar-refractivity contribution in [3.63, 3.8) is 0 Å². The minimum absolute atomic E-state index is 0.0393. The summed E-state index contributed by atoms with van der Waals surface area (Å²) in [6.45, 7) is 1.73. The number of nitrogens with zero attached hydrogens (tertiary/aromatic N) is 2. The molecule has 6 nitrogen and oxygen atoms in total. The standard InChI is InChI=1S/C24H25F2N3O3S/c1-16(13-27)23(30)29-14-24(10-11-24)22(28-33(31,32)15-25)20(29)12-18-8-5-9-19(21(18)26)17-6-3-2-4-7-17/h2-9,16,20,22,28H,10-12,14-15H2,1H3/t16-,20+,22-/m1/s1. The summed E-state index contributed by atoms with van der Waals surface area (Å²) in [5, 5.41) is 9.27. The molecule has 2 aromatic carbocycles. The van der Waals surface area contributed by atoms with Gasteiger partial charge in [-0.3, -0.25) is 4.79 Å².